The number of amides is 1. The minimum atomic E-state index is -0.138. The summed E-state index contributed by atoms with van der Waals surface area (Å²) >= 11 is 3.75. The van der Waals surface area contributed by atoms with Crippen LogP contribution in [-0.2, 0) is 0 Å². The smallest absolute Gasteiger partial charge is 0.255 e. The number of carbonyl (C=O) groups is 1. The fraction of sp³-hybridized carbons (Fsp3) is 0.0455. The number of halogens is 1. The summed E-state index contributed by atoms with van der Waals surface area (Å²) in [4.78, 5) is 23.5. The molecule has 0 fully saturated rings. The van der Waals surface area contributed by atoms with Crippen LogP contribution in [0.25, 0.3) is 0 Å². The topological polar surface area (TPSA) is 58.1 Å². The van der Waals surface area contributed by atoms with Crippen molar-refractivity contribution in [1.29, 1.82) is 0 Å². The first kappa shape index (κ1) is 19.5. The van der Waals surface area contributed by atoms with Crippen molar-refractivity contribution in [3.8, 4) is 0 Å². The number of hydrogen-bond acceptors (Lipinski definition) is 5. The van der Waals surface area contributed by atoms with Gasteiger partial charge < -0.3 is 5.32 Å². The molecule has 7 heteroatoms. The summed E-state index contributed by atoms with van der Waals surface area (Å²) in [6, 6.07) is 17.3. The number of pyridine rings is 1. The van der Waals surface area contributed by atoms with Gasteiger partial charge in [0.25, 0.3) is 5.91 Å². The van der Waals surface area contributed by atoms with Crippen LogP contribution >= 0.6 is 33.9 Å². The van der Waals surface area contributed by atoms with Crippen molar-refractivity contribution in [1.82, 2.24) is 9.97 Å². The predicted molar refractivity (Wildman–Crippen MR) is 126 cm³/mol. The second-order valence-electron chi connectivity index (χ2n) is 6.33. The number of hydrogen-bond donors (Lipinski definition) is 1. The summed E-state index contributed by atoms with van der Waals surface area (Å²) in [7, 11) is 0. The minimum Gasteiger partial charge on any atom is -0.322 e. The van der Waals surface area contributed by atoms with Crippen molar-refractivity contribution in [2.45, 2.75) is 6.92 Å². The largest absolute Gasteiger partial charge is 0.322 e. The number of benzene rings is 2. The van der Waals surface area contributed by atoms with E-state index in [2.05, 4.69) is 37.9 Å². The number of rotatable bonds is 5. The molecule has 4 aromatic rings. The molecule has 0 aliphatic rings. The SMILES string of the molecule is Cc1ccc(NC(=O)c2cccc(I)c2)cc1N(c1cccnc1)c1nccs1. The van der Waals surface area contributed by atoms with Gasteiger partial charge in [-0.1, -0.05) is 12.1 Å². The molecule has 0 bridgehead atoms. The van der Waals surface area contributed by atoms with Crippen LogP contribution in [0.1, 0.15) is 15.9 Å². The van der Waals surface area contributed by atoms with Gasteiger partial charge in [0.1, 0.15) is 0 Å². The molecule has 1 N–H and O–H groups in total. The highest BCUT2D eigenvalue weighted by atomic mass is 127. The number of nitrogens with zero attached hydrogens (tertiary/aromatic N) is 3. The standard InChI is InChI=1S/C22H17IN4OS/c1-15-7-8-18(26-21(28)16-4-2-5-17(23)12-16)13-20(15)27(22-25-10-11-29-22)19-6-3-9-24-14-19/h2-14H,1H3,(H,26,28). The fourth-order valence-corrected chi connectivity index (χ4v) is 4.14. The second kappa shape index (κ2) is 8.71. The van der Waals surface area contributed by atoms with Crippen LogP contribution in [-0.4, -0.2) is 15.9 Å². The third-order valence-electron chi connectivity index (χ3n) is 4.31. The molecule has 0 aliphatic heterocycles. The molecule has 5 nitrogen and oxygen atoms in total. The molecule has 2 aromatic heterocycles. The lowest BCUT2D eigenvalue weighted by molar-refractivity contribution is 0.102. The lowest BCUT2D eigenvalue weighted by Crippen LogP contribution is -2.14. The van der Waals surface area contributed by atoms with Gasteiger partial charge in [0.15, 0.2) is 5.13 Å². The molecule has 1 amide bonds. The van der Waals surface area contributed by atoms with E-state index in [9.17, 15) is 4.79 Å². The van der Waals surface area contributed by atoms with E-state index >= 15 is 0 Å². The summed E-state index contributed by atoms with van der Waals surface area (Å²) in [5.41, 5.74) is 4.26. The summed E-state index contributed by atoms with van der Waals surface area (Å²) in [6.45, 7) is 2.04. The lowest BCUT2D eigenvalue weighted by Gasteiger charge is -2.24. The Labute approximate surface area is 186 Å². The molecule has 0 aliphatic carbocycles. The molecule has 0 unspecified atom stereocenters. The van der Waals surface area contributed by atoms with E-state index in [-0.39, 0.29) is 5.91 Å². The van der Waals surface area contributed by atoms with Gasteiger partial charge >= 0.3 is 0 Å². The molecule has 2 heterocycles. The summed E-state index contributed by atoms with van der Waals surface area (Å²) in [5.74, 6) is -0.138. The van der Waals surface area contributed by atoms with Gasteiger partial charge in [-0.15, -0.1) is 11.3 Å². The van der Waals surface area contributed by atoms with Crippen LogP contribution < -0.4 is 10.2 Å². The number of carbonyl (C=O) groups excluding carboxylic acids is 1. The van der Waals surface area contributed by atoms with Gasteiger partial charge in [-0.05, 0) is 77.5 Å². The van der Waals surface area contributed by atoms with Gasteiger partial charge in [0, 0.05) is 32.6 Å². The number of nitrogens with one attached hydrogen (secondary N) is 1. The molecule has 4 rings (SSSR count). The number of aryl methyl sites for hydroxylation is 1. The number of anilines is 4. The molecule has 0 atom stereocenters. The summed E-state index contributed by atoms with van der Waals surface area (Å²) in [5, 5.41) is 5.78. The van der Waals surface area contributed by atoms with E-state index in [0.717, 1.165) is 31.3 Å². The van der Waals surface area contributed by atoms with Crippen LogP contribution in [0.4, 0.5) is 22.2 Å². The molecule has 0 saturated heterocycles. The molecule has 0 saturated carbocycles. The van der Waals surface area contributed by atoms with Crippen molar-refractivity contribution >= 4 is 62.0 Å². The third kappa shape index (κ3) is 4.46. The highest BCUT2D eigenvalue weighted by molar-refractivity contribution is 14.1. The normalized spacial score (nSPS) is 10.6. The van der Waals surface area contributed by atoms with Gasteiger partial charge in [-0.2, -0.15) is 0 Å². The Hall–Kier alpha value is -2.78. The first-order valence-electron chi connectivity index (χ1n) is 8.89. The first-order valence-corrected chi connectivity index (χ1v) is 10.8. The van der Waals surface area contributed by atoms with E-state index in [1.165, 1.54) is 0 Å². The maximum absolute atomic E-state index is 12.7. The Bertz CT molecular complexity index is 1130. The van der Waals surface area contributed by atoms with Gasteiger partial charge in [0.2, 0.25) is 0 Å². The molecule has 2 aromatic carbocycles. The summed E-state index contributed by atoms with van der Waals surface area (Å²) < 4.78 is 1.02. The van der Waals surface area contributed by atoms with Crippen molar-refractivity contribution < 1.29 is 4.79 Å². The quantitative estimate of drug-likeness (QED) is 0.325. The fourth-order valence-electron chi connectivity index (χ4n) is 2.93. The van der Waals surface area contributed by atoms with Crippen LogP contribution in [0, 0.1) is 10.5 Å². The third-order valence-corrected chi connectivity index (χ3v) is 5.74. The van der Waals surface area contributed by atoms with Gasteiger partial charge in [-0.25, -0.2) is 4.98 Å². The zero-order chi connectivity index (χ0) is 20.2. The monoisotopic (exact) mass is 512 g/mol. The van der Waals surface area contributed by atoms with Crippen molar-refractivity contribution in [3.05, 3.63) is 93.3 Å². The van der Waals surface area contributed by atoms with Crippen LogP contribution in [0.2, 0.25) is 0 Å². The Morgan fingerprint density at radius 3 is 2.72 bits per heavy atom. The molecule has 144 valence electrons. The average molecular weight is 512 g/mol. The number of thiazole rings is 1. The Morgan fingerprint density at radius 1 is 1.10 bits per heavy atom. The maximum Gasteiger partial charge on any atom is 0.255 e. The van der Waals surface area contributed by atoms with Gasteiger partial charge in [0.05, 0.1) is 17.6 Å². The first-order chi connectivity index (χ1) is 14.1. The minimum absolute atomic E-state index is 0.138. The van der Waals surface area contributed by atoms with Crippen molar-refractivity contribution in [2.75, 3.05) is 10.2 Å². The molecular formula is C22H17IN4OS. The van der Waals surface area contributed by atoms with E-state index in [1.807, 2.05) is 71.8 Å². The molecule has 0 radical (unpaired) electrons. The second-order valence-corrected chi connectivity index (χ2v) is 8.45. The molecule has 29 heavy (non-hydrogen) atoms. The highest BCUT2D eigenvalue weighted by Gasteiger charge is 2.18. The maximum atomic E-state index is 12.7. The van der Waals surface area contributed by atoms with E-state index in [4.69, 9.17) is 0 Å². The zero-order valence-corrected chi connectivity index (χ0v) is 18.5. The van der Waals surface area contributed by atoms with Crippen molar-refractivity contribution in [3.63, 3.8) is 0 Å². The van der Waals surface area contributed by atoms with Gasteiger partial charge in [-0.3, -0.25) is 14.7 Å². The zero-order valence-electron chi connectivity index (χ0n) is 15.5. The Balaban J connectivity index is 1.71. The molecular weight excluding hydrogens is 495 g/mol. The Kier molecular flexibility index (Phi) is 5.86. The van der Waals surface area contributed by atoms with Crippen molar-refractivity contribution in [2.24, 2.45) is 0 Å². The predicted octanol–water partition coefficient (Wildman–Crippen LogP) is 6.17. The van der Waals surface area contributed by atoms with Crippen LogP contribution in [0.15, 0.2) is 78.6 Å². The summed E-state index contributed by atoms with van der Waals surface area (Å²) in [6.07, 6.45) is 5.33. The average Bonchev–Trinajstić information content (AvgIpc) is 3.26. The number of aromatic nitrogens is 2. The van der Waals surface area contributed by atoms with E-state index in [1.54, 1.807) is 29.9 Å². The van der Waals surface area contributed by atoms with E-state index < -0.39 is 0 Å². The van der Waals surface area contributed by atoms with Crippen LogP contribution in [0.3, 0.4) is 0 Å². The Morgan fingerprint density at radius 2 is 2.00 bits per heavy atom. The van der Waals surface area contributed by atoms with E-state index in [0.29, 0.717) is 5.56 Å². The molecule has 0 spiro atoms. The lowest BCUT2D eigenvalue weighted by atomic mass is 10.1. The van der Waals surface area contributed by atoms with Crippen LogP contribution in [0.5, 0.6) is 0 Å². The highest BCUT2D eigenvalue weighted by Crippen LogP contribution is 2.38.